The Balaban J connectivity index is 0. The van der Waals surface area contributed by atoms with Gasteiger partial charge in [0.05, 0.1) is 0 Å². The summed E-state index contributed by atoms with van der Waals surface area (Å²) in [6.07, 6.45) is 0. The molecule has 0 aliphatic heterocycles. The Morgan fingerprint density at radius 1 is 0.500 bits per heavy atom. The van der Waals surface area contributed by atoms with E-state index in [0.717, 1.165) is 0 Å². The second-order valence-electron chi connectivity index (χ2n) is 0. The Kier molecular flexibility index (Phi) is 461. The maximum atomic E-state index is 0. The fraction of sp³-hybridized carbons (Fsp3) is 0. The van der Waals surface area contributed by atoms with Gasteiger partial charge in [-0.2, -0.15) is 0 Å². The van der Waals surface area contributed by atoms with Gasteiger partial charge in [0.25, 0.3) is 0 Å². The normalized spacial score (nSPS) is 0. The molecule has 0 spiro atoms. The Morgan fingerprint density at radius 2 is 0.500 bits per heavy atom. The topological polar surface area (TPSA) is 94.5 Å². The monoisotopic (exact) mass is 206 g/mol. The zero-order valence-corrected chi connectivity index (χ0v) is 4.53. The van der Waals surface area contributed by atoms with Gasteiger partial charge < -0.3 is 16.4 Å². The molecule has 0 rings (SSSR count). The first kappa shape index (κ1) is 62.6. The smallest absolute Gasteiger partial charge is 0 e. The summed E-state index contributed by atoms with van der Waals surface area (Å²) >= 11 is 0. The van der Waals surface area contributed by atoms with Crippen LogP contribution in [-0.2, 0) is 0 Å². The molecule has 0 aliphatic rings. The van der Waals surface area contributed by atoms with Crippen LogP contribution in [0, 0.1) is 40.4 Å². The third-order valence-corrected chi connectivity index (χ3v) is 0. The molecule has 4 heteroatoms. The fourth-order valence-corrected chi connectivity index (χ4v) is 0. The molecule has 0 heterocycles. The van der Waals surface area contributed by atoms with Crippen molar-refractivity contribution >= 4 is 0 Å². The molecule has 0 aliphatic carbocycles. The largest absolute Gasteiger partial charge is 0.412 e. The molecule has 0 atom stereocenters. The first-order valence-electron chi connectivity index (χ1n) is 0. The maximum Gasteiger partial charge on any atom is 0 e. The molecule has 0 radical (unpaired) electrons. The minimum atomic E-state index is 0. The van der Waals surface area contributed by atoms with E-state index in [0.29, 0.717) is 0 Å². The van der Waals surface area contributed by atoms with Gasteiger partial charge in [-0.1, -0.05) is 0 Å². The average Bonchev–Trinajstić information content (AvgIpc) is 0. The van der Waals surface area contributed by atoms with Crippen LogP contribution < -0.4 is 0 Å². The number of rotatable bonds is 0. The predicted molar refractivity (Wildman–Crippen MR) is 10.8 cm³/mol. The summed E-state index contributed by atoms with van der Waals surface area (Å²) in [6, 6.07) is 0. The van der Waals surface area contributed by atoms with Gasteiger partial charge in [-0.3, -0.25) is 0 Å². The van der Waals surface area contributed by atoms with Crippen LogP contribution in [0.4, 0.5) is 0 Å². The van der Waals surface area contributed by atoms with Crippen LogP contribution in [0.3, 0.4) is 0 Å². The first-order chi connectivity index (χ1) is 0. The zero-order chi connectivity index (χ0) is 0. The molecule has 0 aromatic carbocycles. The van der Waals surface area contributed by atoms with Crippen LogP contribution in [0.5, 0.6) is 0 Å². The third-order valence-electron chi connectivity index (χ3n) is 0. The molecule has 4 heavy (non-hydrogen) atoms. The van der Waals surface area contributed by atoms with Gasteiger partial charge in [-0.15, -0.1) is 0 Å². The van der Waals surface area contributed by atoms with Gasteiger partial charge in [0.2, 0.25) is 0 Å². The van der Waals surface area contributed by atoms with Crippen LogP contribution in [0.1, 0.15) is 0 Å². The zero-order valence-electron chi connectivity index (χ0n) is 1.91. The van der Waals surface area contributed by atoms with Gasteiger partial charge >= 0.3 is 0 Å². The summed E-state index contributed by atoms with van der Waals surface area (Å²) in [5, 5.41) is 0. The molecule has 0 amide bonds. The Labute approximate surface area is 56.4 Å². The summed E-state index contributed by atoms with van der Waals surface area (Å²) in [6.45, 7) is 0. The van der Waals surface area contributed by atoms with Gasteiger partial charge in [-0.25, -0.2) is 0 Å². The minimum Gasteiger partial charge on any atom is -0.412 e. The van der Waals surface area contributed by atoms with Crippen LogP contribution in [0.25, 0.3) is 0 Å². The summed E-state index contributed by atoms with van der Waals surface area (Å²) in [5.74, 6) is 0. The Bertz CT molecular complexity index is 3.25. The number of hydrogen-bond acceptors (Lipinski definition) is 0. The molecule has 6 N–H and O–H groups in total. The van der Waals surface area contributed by atoms with E-state index in [2.05, 4.69) is 0 Å². The molecule has 0 saturated carbocycles. The van der Waals surface area contributed by atoms with Crippen LogP contribution in [-0.4, -0.2) is 16.4 Å². The van der Waals surface area contributed by atoms with E-state index in [9.17, 15) is 0 Å². The second kappa shape index (κ2) is 29.5. The summed E-state index contributed by atoms with van der Waals surface area (Å²) < 4.78 is 0. The van der Waals surface area contributed by atoms with E-state index < -0.39 is 0 Å². The molecule has 0 bridgehead atoms. The van der Waals surface area contributed by atoms with Crippen molar-refractivity contribution in [1.29, 1.82) is 0 Å². The molecule has 3 nitrogen and oxygen atoms in total. The quantitative estimate of drug-likeness (QED) is 0.418. The van der Waals surface area contributed by atoms with Gasteiger partial charge in [-0.05, 0) is 0 Å². The van der Waals surface area contributed by atoms with E-state index in [1.54, 1.807) is 0 Å². The van der Waals surface area contributed by atoms with Crippen LogP contribution in [0.15, 0.2) is 0 Å². The van der Waals surface area contributed by atoms with E-state index in [4.69, 9.17) is 0 Å². The molecule has 30 valence electrons. The van der Waals surface area contributed by atoms with Crippen molar-refractivity contribution in [2.75, 3.05) is 0 Å². The first-order valence-corrected chi connectivity index (χ1v) is 0. The second-order valence-corrected chi connectivity index (χ2v) is 0. The summed E-state index contributed by atoms with van der Waals surface area (Å²) in [4.78, 5) is 0. The van der Waals surface area contributed by atoms with Gasteiger partial charge in [0.1, 0.15) is 0 Å². The van der Waals surface area contributed by atoms with Crippen LogP contribution in [0.2, 0.25) is 0 Å². The van der Waals surface area contributed by atoms with Crippen molar-refractivity contribution in [1.82, 2.24) is 0 Å². The van der Waals surface area contributed by atoms with E-state index >= 15 is 0 Å². The molecular formula is H6O3Sm. The fourth-order valence-electron chi connectivity index (χ4n) is 0. The maximum absolute atomic E-state index is 0. The summed E-state index contributed by atoms with van der Waals surface area (Å²) in [5.41, 5.74) is 0. The number of hydrogen-bond donors (Lipinski definition) is 0. The van der Waals surface area contributed by atoms with Crippen molar-refractivity contribution in [2.24, 2.45) is 0 Å². The average molecular weight is 204 g/mol. The molecule has 0 aromatic heterocycles. The molecule has 0 unspecified atom stereocenters. The Morgan fingerprint density at radius 3 is 0.500 bits per heavy atom. The predicted octanol–water partition coefficient (Wildman–Crippen LogP) is -2.47. The van der Waals surface area contributed by atoms with E-state index in [1.807, 2.05) is 0 Å². The SMILES string of the molecule is O.O.O.[Sm]. The molecule has 0 saturated heterocycles. The van der Waals surface area contributed by atoms with Gasteiger partial charge in [0, 0.05) is 40.4 Å². The summed E-state index contributed by atoms with van der Waals surface area (Å²) in [7, 11) is 0. The van der Waals surface area contributed by atoms with Crippen molar-refractivity contribution in [3.8, 4) is 0 Å². The van der Waals surface area contributed by atoms with Crippen LogP contribution >= 0.6 is 0 Å². The van der Waals surface area contributed by atoms with Crippen molar-refractivity contribution < 1.29 is 56.8 Å². The molecular weight excluding hydrogens is 198 g/mol. The van der Waals surface area contributed by atoms with E-state index in [-0.39, 0.29) is 56.8 Å². The van der Waals surface area contributed by atoms with Crippen molar-refractivity contribution in [2.45, 2.75) is 0 Å². The molecule has 0 aromatic rings. The van der Waals surface area contributed by atoms with Crippen molar-refractivity contribution in [3.05, 3.63) is 0 Å². The standard InChI is InChI=1S/3H2O.Sm/h3*1H2;. The third kappa shape index (κ3) is 10.7. The Hall–Kier alpha value is 1.22. The van der Waals surface area contributed by atoms with Crippen molar-refractivity contribution in [3.63, 3.8) is 0 Å². The minimum absolute atomic E-state index is 0. The van der Waals surface area contributed by atoms with E-state index in [1.165, 1.54) is 0 Å². The van der Waals surface area contributed by atoms with Gasteiger partial charge in [0.15, 0.2) is 0 Å². The molecule has 0 fully saturated rings.